The Hall–Kier alpha value is -3.71. The van der Waals surface area contributed by atoms with Gasteiger partial charge in [-0.25, -0.2) is 0 Å². The van der Waals surface area contributed by atoms with Crippen molar-refractivity contribution in [3.63, 3.8) is 0 Å². The Morgan fingerprint density at radius 1 is 1.08 bits per heavy atom. The van der Waals surface area contributed by atoms with Crippen LogP contribution in [0.15, 0.2) is 17.3 Å². The van der Waals surface area contributed by atoms with Crippen LogP contribution in [0.3, 0.4) is 0 Å². The Kier molecular flexibility index (Phi) is 12.5. The van der Waals surface area contributed by atoms with Gasteiger partial charge in [0.15, 0.2) is 11.4 Å². The van der Waals surface area contributed by atoms with Crippen molar-refractivity contribution in [2.24, 2.45) is 21.9 Å². The van der Waals surface area contributed by atoms with Gasteiger partial charge < -0.3 is 34.2 Å². The van der Waals surface area contributed by atoms with Crippen LogP contribution in [0, 0.1) is 16.7 Å². The number of methoxy groups -OCH3 is 2. The van der Waals surface area contributed by atoms with E-state index in [1.807, 2.05) is 27.7 Å². The highest BCUT2D eigenvalue weighted by molar-refractivity contribution is 6.37. The Labute approximate surface area is 317 Å². The number of ketones is 2. The first-order valence-corrected chi connectivity index (χ1v) is 19.1. The van der Waals surface area contributed by atoms with Gasteiger partial charge in [0.2, 0.25) is 17.6 Å². The van der Waals surface area contributed by atoms with Gasteiger partial charge in [-0.15, -0.1) is 0 Å². The van der Waals surface area contributed by atoms with E-state index in [1.54, 1.807) is 12.1 Å². The van der Waals surface area contributed by atoms with Crippen molar-refractivity contribution in [3.8, 4) is 11.5 Å². The second-order valence-corrected chi connectivity index (χ2v) is 16.9. The molecular formula is C39H55ClN4O9. The monoisotopic (exact) mass is 758 g/mol. The van der Waals surface area contributed by atoms with Gasteiger partial charge >= 0.3 is 0 Å². The summed E-state index contributed by atoms with van der Waals surface area (Å²) >= 11 is 6.49. The Balaban J connectivity index is 1.43. The van der Waals surface area contributed by atoms with Gasteiger partial charge in [-0.3, -0.25) is 24.0 Å². The fraction of sp³-hybridized carbons (Fsp3) is 0.692. The molecule has 53 heavy (non-hydrogen) atoms. The average Bonchev–Trinajstić information content (AvgIpc) is 3.68. The van der Waals surface area contributed by atoms with Gasteiger partial charge in [0, 0.05) is 69.5 Å². The fourth-order valence-corrected chi connectivity index (χ4v) is 8.01. The van der Waals surface area contributed by atoms with Crippen LogP contribution in [0.25, 0.3) is 0 Å². The number of likely N-dealkylation sites (tertiary alicyclic amines) is 2. The number of carbonyl (C=O) groups excluding carboxylic acids is 5. The quantitative estimate of drug-likeness (QED) is 0.265. The molecule has 0 bridgehead atoms. The lowest BCUT2D eigenvalue weighted by molar-refractivity contribution is -0.150. The first kappa shape index (κ1) is 40.5. The van der Waals surface area contributed by atoms with E-state index in [0.717, 1.165) is 19.3 Å². The minimum Gasteiger partial charge on any atom is -0.496 e. The number of amides is 3. The molecule has 3 fully saturated rings. The molecule has 1 N–H and O–H groups in total. The van der Waals surface area contributed by atoms with E-state index >= 15 is 0 Å². The number of carbonyl (C=O) groups is 5. The predicted molar refractivity (Wildman–Crippen MR) is 198 cm³/mol. The van der Waals surface area contributed by atoms with Crippen molar-refractivity contribution in [2.75, 3.05) is 47.1 Å². The lowest BCUT2D eigenvalue weighted by Crippen LogP contribution is -2.57. The highest BCUT2D eigenvalue weighted by Gasteiger charge is 2.56. The molecule has 4 heterocycles. The van der Waals surface area contributed by atoms with E-state index in [0.29, 0.717) is 66.9 Å². The number of halogens is 1. The van der Waals surface area contributed by atoms with Crippen molar-refractivity contribution in [1.29, 1.82) is 0 Å². The van der Waals surface area contributed by atoms with E-state index in [-0.39, 0.29) is 49.3 Å². The molecule has 0 aliphatic carbocycles. The maximum atomic E-state index is 14.8. The minimum absolute atomic E-state index is 0.0120. The molecule has 0 radical (unpaired) electrons. The predicted octanol–water partition coefficient (Wildman–Crippen LogP) is 4.74. The van der Waals surface area contributed by atoms with E-state index in [1.165, 1.54) is 24.0 Å². The van der Waals surface area contributed by atoms with Gasteiger partial charge in [-0.1, -0.05) is 57.8 Å². The van der Waals surface area contributed by atoms with Crippen LogP contribution in [0.5, 0.6) is 11.5 Å². The Morgan fingerprint density at radius 3 is 2.34 bits per heavy atom. The number of hydrogen-bond donors (Lipinski definition) is 1. The largest absolute Gasteiger partial charge is 0.496 e. The van der Waals surface area contributed by atoms with Crippen molar-refractivity contribution in [2.45, 2.75) is 110 Å². The topological polar surface area (TPSA) is 153 Å². The molecule has 14 heteroatoms. The second kappa shape index (κ2) is 16.3. The molecule has 0 aromatic heterocycles. The SMILES string of the molecule is CCC[C@H](CC(=O)[C@@H]1C[C@]2(CC(c3cc(Cl)c(OC)cc3OC)=NO2)CN1C(=O)[C@@H](NC(=O)CC1(C)CCOCC1)C(C)(C)C)C(=O)C(=O)N1CCC1. The van der Waals surface area contributed by atoms with Crippen molar-refractivity contribution in [3.05, 3.63) is 22.7 Å². The zero-order chi connectivity index (χ0) is 38.7. The summed E-state index contributed by atoms with van der Waals surface area (Å²) in [5, 5.41) is 7.81. The van der Waals surface area contributed by atoms with Gasteiger partial charge in [-0.05, 0) is 42.6 Å². The summed E-state index contributed by atoms with van der Waals surface area (Å²) in [5.41, 5.74) is -0.945. The molecule has 5 rings (SSSR count). The molecule has 0 saturated carbocycles. The molecule has 4 aliphatic rings. The van der Waals surface area contributed by atoms with Crippen LogP contribution in [0.1, 0.15) is 98.0 Å². The zero-order valence-corrected chi connectivity index (χ0v) is 32.9. The molecule has 4 aliphatic heterocycles. The molecule has 0 unspecified atom stereocenters. The summed E-state index contributed by atoms with van der Waals surface area (Å²) in [6.07, 6.45) is 3.66. The Morgan fingerprint density at radius 2 is 1.75 bits per heavy atom. The van der Waals surface area contributed by atoms with E-state index in [4.69, 9.17) is 30.6 Å². The third-order valence-corrected chi connectivity index (χ3v) is 11.5. The average molecular weight is 759 g/mol. The fourth-order valence-electron chi connectivity index (χ4n) is 7.77. The van der Waals surface area contributed by atoms with E-state index in [2.05, 4.69) is 17.4 Å². The molecule has 3 saturated heterocycles. The maximum absolute atomic E-state index is 14.8. The third kappa shape index (κ3) is 8.99. The summed E-state index contributed by atoms with van der Waals surface area (Å²) in [7, 11) is 3.03. The summed E-state index contributed by atoms with van der Waals surface area (Å²) in [6, 6.07) is 1.39. The van der Waals surface area contributed by atoms with Crippen LogP contribution in [0.2, 0.25) is 5.02 Å². The lowest BCUT2D eigenvalue weighted by Gasteiger charge is -2.37. The Bertz CT molecular complexity index is 1610. The van der Waals surface area contributed by atoms with Crippen molar-refractivity contribution < 1.29 is 43.0 Å². The van der Waals surface area contributed by atoms with Gasteiger partial charge in [0.1, 0.15) is 17.5 Å². The molecular weight excluding hydrogens is 704 g/mol. The van der Waals surface area contributed by atoms with Gasteiger partial charge in [-0.2, -0.15) is 0 Å². The molecule has 1 aromatic rings. The summed E-state index contributed by atoms with van der Waals surface area (Å²) < 4.78 is 16.5. The standard InChI is InChI=1S/C39H55ClN4O9/c1-8-10-24(33(47)35(48)43-13-9-14-43)17-29(45)28-21-39(20-27(42-53-39)25-18-26(40)31(51-7)19-30(25)50-6)23-44(28)36(49)34(37(2,3)4)41-32(46)22-38(5)11-15-52-16-12-38/h18-19,24,28,34H,8-17,20-23H2,1-7H3,(H,41,46)/t24-,28+,34-,39-/m1/s1. The third-order valence-electron chi connectivity index (χ3n) is 11.2. The molecule has 1 spiro atoms. The number of benzene rings is 1. The number of ether oxygens (including phenoxy) is 3. The van der Waals surface area contributed by atoms with E-state index in [9.17, 15) is 24.0 Å². The summed E-state index contributed by atoms with van der Waals surface area (Å²) in [5.74, 6) is -2.06. The van der Waals surface area contributed by atoms with Crippen molar-refractivity contribution >= 4 is 46.6 Å². The number of Topliss-reactive ketones (excluding diaryl/α,β-unsaturated/α-hetero) is 2. The lowest BCUT2D eigenvalue weighted by atomic mass is 9.78. The molecule has 13 nitrogen and oxygen atoms in total. The van der Waals surface area contributed by atoms with Crippen LogP contribution >= 0.6 is 11.6 Å². The number of nitrogens with one attached hydrogen (secondary N) is 1. The second-order valence-electron chi connectivity index (χ2n) is 16.5. The molecule has 4 atom stereocenters. The first-order chi connectivity index (χ1) is 25.0. The van der Waals surface area contributed by atoms with Crippen LogP contribution < -0.4 is 14.8 Å². The highest BCUT2D eigenvalue weighted by atomic mass is 35.5. The maximum Gasteiger partial charge on any atom is 0.290 e. The van der Waals surface area contributed by atoms with E-state index < -0.39 is 46.6 Å². The van der Waals surface area contributed by atoms with Crippen LogP contribution in [-0.4, -0.2) is 110 Å². The summed E-state index contributed by atoms with van der Waals surface area (Å²) in [4.78, 5) is 78.3. The number of nitrogens with zero attached hydrogens (tertiary/aromatic N) is 3. The summed E-state index contributed by atoms with van der Waals surface area (Å²) in [6.45, 7) is 11.8. The molecule has 1 aromatic carbocycles. The number of hydrogen-bond acceptors (Lipinski definition) is 10. The number of rotatable bonds is 14. The zero-order valence-electron chi connectivity index (χ0n) is 32.2. The first-order valence-electron chi connectivity index (χ1n) is 18.7. The highest BCUT2D eigenvalue weighted by Crippen LogP contribution is 2.43. The van der Waals surface area contributed by atoms with Gasteiger partial charge in [0.25, 0.3) is 5.91 Å². The molecule has 3 amide bonds. The molecule has 292 valence electrons. The van der Waals surface area contributed by atoms with Gasteiger partial charge in [0.05, 0.1) is 37.5 Å². The van der Waals surface area contributed by atoms with Crippen LogP contribution in [-0.2, 0) is 33.5 Å². The number of oxime groups is 1. The smallest absolute Gasteiger partial charge is 0.290 e. The minimum atomic E-state index is -1.08. The van der Waals surface area contributed by atoms with Crippen molar-refractivity contribution in [1.82, 2.24) is 15.1 Å². The normalized spacial score (nSPS) is 23.4. The van der Waals surface area contributed by atoms with Crippen LogP contribution in [0.4, 0.5) is 0 Å².